The first-order chi connectivity index (χ1) is 30.7. The number of nitrogens with zero attached hydrogens (tertiary/aromatic N) is 4. The minimum atomic E-state index is -0.877. The molecule has 11 aromatic rings. The van der Waals surface area contributed by atoms with Crippen molar-refractivity contribution in [3.8, 4) is 11.4 Å². The van der Waals surface area contributed by atoms with E-state index in [1.54, 1.807) is 12.4 Å². The molecule has 0 spiro atoms. The summed E-state index contributed by atoms with van der Waals surface area (Å²) in [7, 11) is -1.75. The van der Waals surface area contributed by atoms with Gasteiger partial charge in [-0.05, 0) is 108 Å². The predicted octanol–water partition coefficient (Wildman–Crippen LogP) is 10.6. The van der Waals surface area contributed by atoms with Crippen molar-refractivity contribution >= 4 is 80.5 Å². The molecular formula is C56H45CuN4P2+2. The Morgan fingerprint density at radius 1 is 0.349 bits per heavy atom. The summed E-state index contributed by atoms with van der Waals surface area (Å²) in [5.74, 6) is 0.742. The number of benzene rings is 8. The first-order valence-corrected chi connectivity index (χ1v) is 23.8. The third kappa shape index (κ3) is 10.1. The van der Waals surface area contributed by atoms with Crippen LogP contribution in [0.15, 0.2) is 243 Å². The fraction of sp³-hybridized carbons (Fsp3) is 0.0179. The molecule has 8 aromatic carbocycles. The molecule has 0 N–H and O–H groups in total. The monoisotopic (exact) mass is 898 g/mol. The second-order valence-corrected chi connectivity index (χ2v) is 19.8. The molecule has 3 aromatic heterocycles. The quantitative estimate of drug-likeness (QED) is 0.0909. The fourth-order valence-electron chi connectivity index (χ4n) is 7.75. The Bertz CT molecular complexity index is 2740. The standard InChI is InChI=1S/C20H13N4.2C18H15P.Cu/c1-12-6-8-13(9-7-12)20-23-18-14-4-2-10-21-16(14)17-15(19(18)24-20)5-3-11-22-17;2*1-4-10-16(11-5-1)19(17-12-6-2-7-13-17)18-14-8-3-9-15-18;/h2-11H,1H3;2*1-15H;/q-1;;;+1/p+2. The molecule has 0 aliphatic heterocycles. The largest absolute Gasteiger partial charge is 1.00 e. The number of fused-ring (bicyclic) bond motifs is 6. The Kier molecular flexibility index (Phi) is 14.4. The molecule has 308 valence electrons. The Morgan fingerprint density at radius 3 is 1.05 bits per heavy atom. The summed E-state index contributed by atoms with van der Waals surface area (Å²) < 4.78 is 0. The van der Waals surface area contributed by atoms with Gasteiger partial charge in [0.05, 0.1) is 26.9 Å². The van der Waals surface area contributed by atoms with Crippen LogP contribution in [0.25, 0.3) is 44.2 Å². The third-order valence-electron chi connectivity index (χ3n) is 10.7. The van der Waals surface area contributed by atoms with Gasteiger partial charge in [-0.15, -0.1) is 0 Å². The van der Waals surface area contributed by atoms with Crippen molar-refractivity contribution in [3.63, 3.8) is 0 Å². The average Bonchev–Trinajstić information content (AvgIpc) is 3.81. The summed E-state index contributed by atoms with van der Waals surface area (Å²) in [5, 5.41) is 10.6. The second kappa shape index (κ2) is 21.0. The normalized spacial score (nSPS) is 10.8. The van der Waals surface area contributed by atoms with Gasteiger partial charge in [0.25, 0.3) is 0 Å². The summed E-state index contributed by atoms with van der Waals surface area (Å²) in [6.07, 6.45) is 3.58. The Hall–Kier alpha value is -6.57. The SMILES string of the molecule is Cc1ccc(-c2nc3c4cccnc4c4ncccc4c3[n-]2)cc1.[Cu+].c1ccc([PH+](c2ccccc2)c2ccccc2)cc1.c1ccc([PH+](c2ccccc2)c2ccccc2)cc1. The minimum Gasteiger partial charge on any atom is -0.435 e. The number of aromatic nitrogens is 4. The summed E-state index contributed by atoms with van der Waals surface area (Å²) in [5.41, 5.74) is 5.75. The van der Waals surface area contributed by atoms with Crippen molar-refractivity contribution in [2.24, 2.45) is 0 Å². The van der Waals surface area contributed by atoms with Crippen molar-refractivity contribution in [1.29, 1.82) is 0 Å². The molecule has 11 rings (SSSR count). The van der Waals surface area contributed by atoms with E-state index in [0.29, 0.717) is 0 Å². The van der Waals surface area contributed by atoms with Gasteiger partial charge >= 0.3 is 17.1 Å². The molecule has 0 amide bonds. The fourth-order valence-corrected chi connectivity index (χ4v) is 12.9. The van der Waals surface area contributed by atoms with Gasteiger partial charge in [-0.1, -0.05) is 157 Å². The Morgan fingerprint density at radius 2 is 0.683 bits per heavy atom. The maximum Gasteiger partial charge on any atom is 1.00 e. The Balaban J connectivity index is 0.000000130. The zero-order chi connectivity index (χ0) is 41.9. The van der Waals surface area contributed by atoms with Gasteiger partial charge in [0, 0.05) is 23.2 Å². The molecule has 0 atom stereocenters. The summed E-state index contributed by atoms with van der Waals surface area (Å²) >= 11 is 0. The van der Waals surface area contributed by atoms with Crippen LogP contribution in [0.5, 0.6) is 0 Å². The molecule has 0 saturated carbocycles. The molecule has 0 unspecified atom stereocenters. The van der Waals surface area contributed by atoms with E-state index in [2.05, 4.69) is 223 Å². The van der Waals surface area contributed by atoms with Gasteiger partial charge in [0.15, 0.2) is 0 Å². The number of rotatable bonds is 7. The van der Waals surface area contributed by atoms with E-state index in [4.69, 9.17) is 9.97 Å². The second-order valence-electron chi connectivity index (χ2n) is 14.9. The van der Waals surface area contributed by atoms with Crippen LogP contribution in [-0.2, 0) is 17.1 Å². The van der Waals surface area contributed by atoms with Crippen molar-refractivity contribution in [1.82, 2.24) is 19.9 Å². The molecule has 0 radical (unpaired) electrons. The third-order valence-corrected chi connectivity index (χ3v) is 16.2. The Labute approximate surface area is 382 Å². The van der Waals surface area contributed by atoms with Gasteiger partial charge in [0.1, 0.15) is 31.8 Å². The maximum atomic E-state index is 4.81. The molecule has 0 fully saturated rings. The molecule has 7 heteroatoms. The van der Waals surface area contributed by atoms with E-state index < -0.39 is 15.8 Å². The van der Waals surface area contributed by atoms with Gasteiger partial charge in [0.2, 0.25) is 0 Å². The van der Waals surface area contributed by atoms with Gasteiger partial charge in [-0.2, -0.15) is 0 Å². The van der Waals surface area contributed by atoms with Crippen molar-refractivity contribution in [2.45, 2.75) is 6.92 Å². The molecular weight excluding hydrogens is 854 g/mol. The number of pyridine rings is 2. The summed E-state index contributed by atoms with van der Waals surface area (Å²) in [4.78, 5) is 18.7. The van der Waals surface area contributed by atoms with E-state index in [-0.39, 0.29) is 17.1 Å². The molecule has 0 aliphatic carbocycles. The van der Waals surface area contributed by atoms with Gasteiger partial charge < -0.3 is 9.97 Å². The smallest absolute Gasteiger partial charge is 0.435 e. The molecule has 0 bridgehead atoms. The molecule has 0 aliphatic rings. The number of imidazole rings is 1. The first-order valence-electron chi connectivity index (χ1n) is 20.8. The van der Waals surface area contributed by atoms with Gasteiger partial charge in [-0.25, -0.2) is 0 Å². The van der Waals surface area contributed by atoms with Crippen molar-refractivity contribution < 1.29 is 17.1 Å². The van der Waals surface area contributed by atoms with Crippen LogP contribution in [0.3, 0.4) is 0 Å². The van der Waals surface area contributed by atoms with Crippen LogP contribution in [-0.4, -0.2) is 15.0 Å². The van der Waals surface area contributed by atoms with Crippen LogP contribution in [0.2, 0.25) is 0 Å². The van der Waals surface area contributed by atoms with Crippen LogP contribution < -0.4 is 36.8 Å². The minimum absolute atomic E-state index is 0. The predicted molar refractivity (Wildman–Crippen MR) is 269 cm³/mol. The van der Waals surface area contributed by atoms with Crippen LogP contribution in [0, 0.1) is 6.92 Å². The van der Waals surface area contributed by atoms with Crippen LogP contribution >= 0.6 is 15.8 Å². The molecule has 4 nitrogen and oxygen atoms in total. The number of hydrogen-bond donors (Lipinski definition) is 0. The molecule has 0 saturated heterocycles. The van der Waals surface area contributed by atoms with Crippen LogP contribution in [0.4, 0.5) is 0 Å². The van der Waals surface area contributed by atoms with Crippen molar-refractivity contribution in [3.05, 3.63) is 248 Å². The maximum absolute atomic E-state index is 4.81. The van der Waals surface area contributed by atoms with Crippen molar-refractivity contribution in [2.75, 3.05) is 0 Å². The van der Waals surface area contributed by atoms with E-state index >= 15 is 0 Å². The number of hydrogen-bond acceptors (Lipinski definition) is 3. The number of aryl methyl sites for hydroxylation is 1. The average molecular weight is 899 g/mol. The summed E-state index contributed by atoms with van der Waals surface area (Å²) in [6, 6.07) is 81.2. The van der Waals surface area contributed by atoms with E-state index in [9.17, 15) is 0 Å². The topological polar surface area (TPSA) is 52.8 Å². The molecule has 3 heterocycles. The van der Waals surface area contributed by atoms with E-state index in [0.717, 1.165) is 44.2 Å². The molecule has 63 heavy (non-hydrogen) atoms. The summed E-state index contributed by atoms with van der Waals surface area (Å²) in [6.45, 7) is 2.07. The van der Waals surface area contributed by atoms with E-state index in [1.165, 1.54) is 37.4 Å². The van der Waals surface area contributed by atoms with Gasteiger partial charge in [-0.3, -0.25) is 9.97 Å². The zero-order valence-corrected chi connectivity index (χ0v) is 37.6. The zero-order valence-electron chi connectivity index (χ0n) is 34.7. The first kappa shape index (κ1) is 43.1. The van der Waals surface area contributed by atoms with E-state index in [1.807, 2.05) is 24.3 Å². The van der Waals surface area contributed by atoms with Crippen LogP contribution in [0.1, 0.15) is 5.56 Å².